The fourth-order valence-corrected chi connectivity index (χ4v) is 2.11. The van der Waals surface area contributed by atoms with E-state index in [1.165, 1.54) is 24.8 Å². The van der Waals surface area contributed by atoms with Crippen LogP contribution < -0.4 is 5.32 Å². The minimum atomic E-state index is -0.0547. The van der Waals surface area contributed by atoms with Crippen LogP contribution in [0.25, 0.3) is 0 Å². The summed E-state index contributed by atoms with van der Waals surface area (Å²) in [6.45, 7) is 7.98. The highest BCUT2D eigenvalue weighted by atomic mass is 19.1. The zero-order chi connectivity index (χ0) is 12.7. The standard InChI is InChI=1S/C15H24FN/c1-4-17-9-7-5-6-8-14-10-12(2)15(16)13(3)11-14/h10-11,17H,4-9H2,1-3H3. The molecular weight excluding hydrogens is 213 g/mol. The quantitative estimate of drug-likeness (QED) is 0.712. The highest BCUT2D eigenvalue weighted by Crippen LogP contribution is 2.16. The lowest BCUT2D eigenvalue weighted by Crippen LogP contribution is -2.13. The van der Waals surface area contributed by atoms with E-state index < -0.39 is 0 Å². The van der Waals surface area contributed by atoms with Crippen LogP contribution in [0.5, 0.6) is 0 Å². The van der Waals surface area contributed by atoms with Gasteiger partial charge < -0.3 is 5.32 Å². The van der Waals surface area contributed by atoms with E-state index in [1.807, 2.05) is 26.0 Å². The molecule has 0 aliphatic carbocycles. The zero-order valence-corrected chi connectivity index (χ0v) is 11.3. The lowest BCUT2D eigenvalue weighted by Gasteiger charge is -2.07. The van der Waals surface area contributed by atoms with E-state index in [9.17, 15) is 4.39 Å². The van der Waals surface area contributed by atoms with Gasteiger partial charge in [-0.3, -0.25) is 0 Å². The number of aryl methyl sites for hydroxylation is 3. The van der Waals surface area contributed by atoms with Crippen LogP contribution in [0, 0.1) is 19.7 Å². The molecule has 0 saturated carbocycles. The first-order valence-corrected chi connectivity index (χ1v) is 6.61. The van der Waals surface area contributed by atoms with Gasteiger partial charge in [0.25, 0.3) is 0 Å². The number of nitrogens with one attached hydrogen (secondary N) is 1. The van der Waals surface area contributed by atoms with Gasteiger partial charge in [-0.1, -0.05) is 25.5 Å². The molecule has 2 heteroatoms. The fraction of sp³-hybridized carbons (Fsp3) is 0.600. The minimum absolute atomic E-state index is 0.0547. The van der Waals surface area contributed by atoms with E-state index in [1.54, 1.807) is 0 Å². The SMILES string of the molecule is CCNCCCCCc1cc(C)c(F)c(C)c1. The Labute approximate surface area is 104 Å². The van der Waals surface area contributed by atoms with Crippen LogP contribution in [0.3, 0.4) is 0 Å². The van der Waals surface area contributed by atoms with Gasteiger partial charge in [-0.15, -0.1) is 0 Å². The molecular formula is C15H24FN. The molecule has 96 valence electrons. The minimum Gasteiger partial charge on any atom is -0.317 e. The van der Waals surface area contributed by atoms with Gasteiger partial charge in [0, 0.05) is 0 Å². The topological polar surface area (TPSA) is 12.0 Å². The Morgan fingerprint density at radius 1 is 1.06 bits per heavy atom. The number of benzene rings is 1. The lowest BCUT2D eigenvalue weighted by molar-refractivity contribution is 0.603. The molecule has 0 amide bonds. The van der Waals surface area contributed by atoms with Crippen LogP contribution >= 0.6 is 0 Å². The normalized spacial score (nSPS) is 10.8. The first-order chi connectivity index (χ1) is 8.15. The monoisotopic (exact) mass is 237 g/mol. The van der Waals surface area contributed by atoms with Gasteiger partial charge in [-0.2, -0.15) is 0 Å². The Balaban J connectivity index is 2.32. The first-order valence-electron chi connectivity index (χ1n) is 6.61. The summed E-state index contributed by atoms with van der Waals surface area (Å²) in [7, 11) is 0. The molecule has 1 aromatic rings. The summed E-state index contributed by atoms with van der Waals surface area (Å²) in [5, 5.41) is 3.32. The molecule has 0 radical (unpaired) electrons. The third kappa shape index (κ3) is 4.86. The largest absolute Gasteiger partial charge is 0.317 e. The molecule has 1 rings (SSSR count). The molecule has 0 aromatic heterocycles. The number of unbranched alkanes of at least 4 members (excludes halogenated alkanes) is 2. The van der Waals surface area contributed by atoms with Gasteiger partial charge in [0.05, 0.1) is 0 Å². The van der Waals surface area contributed by atoms with Gasteiger partial charge in [0.2, 0.25) is 0 Å². The van der Waals surface area contributed by atoms with Crippen LogP contribution in [0.4, 0.5) is 4.39 Å². The summed E-state index contributed by atoms with van der Waals surface area (Å²) in [5.74, 6) is -0.0547. The Bertz CT molecular complexity index is 324. The summed E-state index contributed by atoms with van der Waals surface area (Å²) in [5.41, 5.74) is 2.81. The van der Waals surface area contributed by atoms with Gasteiger partial charge in [-0.25, -0.2) is 4.39 Å². The maximum absolute atomic E-state index is 13.4. The molecule has 0 saturated heterocycles. The van der Waals surface area contributed by atoms with Crippen molar-refractivity contribution in [1.82, 2.24) is 5.32 Å². The van der Waals surface area contributed by atoms with E-state index in [2.05, 4.69) is 12.2 Å². The Hall–Kier alpha value is -0.890. The smallest absolute Gasteiger partial charge is 0.129 e. The van der Waals surface area contributed by atoms with Crippen molar-refractivity contribution in [3.8, 4) is 0 Å². The maximum atomic E-state index is 13.4. The molecule has 1 N–H and O–H groups in total. The Morgan fingerprint density at radius 2 is 1.71 bits per heavy atom. The lowest BCUT2D eigenvalue weighted by atomic mass is 10.0. The zero-order valence-electron chi connectivity index (χ0n) is 11.3. The van der Waals surface area contributed by atoms with Crippen molar-refractivity contribution in [1.29, 1.82) is 0 Å². The van der Waals surface area contributed by atoms with E-state index in [-0.39, 0.29) is 5.82 Å². The van der Waals surface area contributed by atoms with Crippen molar-refractivity contribution in [3.63, 3.8) is 0 Å². The predicted octanol–water partition coefficient (Wildman–Crippen LogP) is 3.76. The van der Waals surface area contributed by atoms with Gasteiger partial charge in [0.15, 0.2) is 0 Å². The van der Waals surface area contributed by atoms with Gasteiger partial charge in [0.1, 0.15) is 5.82 Å². The second-order valence-electron chi connectivity index (χ2n) is 4.71. The molecule has 0 fully saturated rings. The molecule has 1 nitrogen and oxygen atoms in total. The summed E-state index contributed by atoms with van der Waals surface area (Å²) in [4.78, 5) is 0. The molecule has 0 spiro atoms. The molecule has 0 bridgehead atoms. The first kappa shape index (κ1) is 14.2. The van der Waals surface area contributed by atoms with Crippen molar-refractivity contribution < 1.29 is 4.39 Å². The van der Waals surface area contributed by atoms with Crippen LogP contribution in [0.1, 0.15) is 42.9 Å². The highest BCUT2D eigenvalue weighted by Gasteiger charge is 2.03. The van der Waals surface area contributed by atoms with Gasteiger partial charge >= 0.3 is 0 Å². The fourth-order valence-electron chi connectivity index (χ4n) is 2.11. The summed E-state index contributed by atoms with van der Waals surface area (Å²) >= 11 is 0. The molecule has 1 aromatic carbocycles. The number of hydrogen-bond acceptors (Lipinski definition) is 1. The van der Waals surface area contributed by atoms with Crippen LogP contribution in [-0.4, -0.2) is 13.1 Å². The average molecular weight is 237 g/mol. The van der Waals surface area contributed by atoms with E-state index >= 15 is 0 Å². The number of rotatable bonds is 7. The van der Waals surface area contributed by atoms with E-state index in [4.69, 9.17) is 0 Å². The van der Waals surface area contributed by atoms with Crippen molar-refractivity contribution >= 4 is 0 Å². The molecule has 0 heterocycles. The van der Waals surface area contributed by atoms with Crippen LogP contribution in [0.15, 0.2) is 12.1 Å². The van der Waals surface area contributed by atoms with Crippen molar-refractivity contribution in [3.05, 3.63) is 34.6 Å². The van der Waals surface area contributed by atoms with E-state index in [0.717, 1.165) is 30.6 Å². The van der Waals surface area contributed by atoms with Crippen LogP contribution in [-0.2, 0) is 6.42 Å². The Morgan fingerprint density at radius 3 is 2.29 bits per heavy atom. The third-order valence-corrected chi connectivity index (χ3v) is 3.07. The molecule has 0 aliphatic rings. The maximum Gasteiger partial charge on any atom is 0.129 e. The number of hydrogen-bond donors (Lipinski definition) is 1. The summed E-state index contributed by atoms with van der Waals surface area (Å²) in [6.07, 6.45) is 4.72. The summed E-state index contributed by atoms with van der Waals surface area (Å²) in [6, 6.07) is 3.96. The number of halogens is 1. The van der Waals surface area contributed by atoms with Gasteiger partial charge in [-0.05, 0) is 62.9 Å². The molecule has 17 heavy (non-hydrogen) atoms. The van der Waals surface area contributed by atoms with Crippen LogP contribution in [0.2, 0.25) is 0 Å². The molecule has 0 unspecified atom stereocenters. The van der Waals surface area contributed by atoms with Crippen molar-refractivity contribution in [2.75, 3.05) is 13.1 Å². The Kier molecular flexibility index (Phi) is 6.20. The average Bonchev–Trinajstić information content (AvgIpc) is 2.30. The second kappa shape index (κ2) is 7.44. The highest BCUT2D eigenvalue weighted by molar-refractivity contribution is 5.30. The second-order valence-corrected chi connectivity index (χ2v) is 4.71. The summed E-state index contributed by atoms with van der Waals surface area (Å²) < 4.78 is 13.4. The predicted molar refractivity (Wildman–Crippen MR) is 72.0 cm³/mol. The third-order valence-electron chi connectivity index (χ3n) is 3.07. The molecule has 0 atom stereocenters. The van der Waals surface area contributed by atoms with E-state index in [0.29, 0.717) is 0 Å². The van der Waals surface area contributed by atoms with Crippen molar-refractivity contribution in [2.24, 2.45) is 0 Å². The molecule has 0 aliphatic heterocycles. The van der Waals surface area contributed by atoms with Crippen molar-refractivity contribution in [2.45, 2.75) is 46.5 Å².